The number of ether oxygens (including phenoxy) is 5. The number of aliphatic hydroxyl groups is 2. The van der Waals surface area contributed by atoms with E-state index in [1.54, 1.807) is 6.08 Å². The van der Waals surface area contributed by atoms with Crippen molar-refractivity contribution in [3.05, 3.63) is 11.6 Å². The van der Waals surface area contributed by atoms with Crippen molar-refractivity contribution in [1.82, 2.24) is 0 Å². The van der Waals surface area contributed by atoms with Crippen LogP contribution in [0.5, 0.6) is 0 Å². The first-order valence-electron chi connectivity index (χ1n) is 16.3. The zero-order valence-electron chi connectivity index (χ0n) is 25.5. The fourth-order valence-corrected chi connectivity index (χ4v) is 10.8. The van der Waals surface area contributed by atoms with E-state index in [1.807, 2.05) is 20.8 Å². The SMILES string of the molecule is CCC1(C)OC2CC(OC3CC[C@]4(C=O)C5CC[C@]6(C)[C@H](C7=CC(=O)OC7)CCC6(O)C5CCC4(O)C3)OC(C)C2O1. The third-order valence-electron chi connectivity index (χ3n) is 13.2. The predicted octanol–water partition coefficient (Wildman–Crippen LogP) is 3.97. The minimum atomic E-state index is -1.19. The Bertz CT molecular complexity index is 1160. The minimum absolute atomic E-state index is 0.0744. The molecule has 7 rings (SSSR count). The van der Waals surface area contributed by atoms with Crippen molar-refractivity contribution in [2.75, 3.05) is 6.61 Å². The molecule has 3 aliphatic heterocycles. The molecule has 2 N–H and O–H groups in total. The van der Waals surface area contributed by atoms with Crippen LogP contribution in [0.3, 0.4) is 0 Å². The molecule has 6 fully saturated rings. The van der Waals surface area contributed by atoms with Crippen molar-refractivity contribution in [1.29, 1.82) is 0 Å². The Morgan fingerprint density at radius 1 is 1.05 bits per heavy atom. The van der Waals surface area contributed by atoms with Crippen molar-refractivity contribution in [3.63, 3.8) is 0 Å². The van der Waals surface area contributed by atoms with Gasteiger partial charge in [-0.3, -0.25) is 0 Å². The van der Waals surface area contributed by atoms with Gasteiger partial charge in [0, 0.05) is 24.3 Å². The molecule has 0 aromatic carbocycles. The fourth-order valence-electron chi connectivity index (χ4n) is 10.8. The second kappa shape index (κ2) is 9.82. The molecule has 0 spiro atoms. The van der Waals surface area contributed by atoms with Crippen LogP contribution in [0.25, 0.3) is 0 Å². The smallest absolute Gasteiger partial charge is 0.331 e. The molecular formula is C33H48O9. The Morgan fingerprint density at radius 2 is 1.83 bits per heavy atom. The first-order valence-corrected chi connectivity index (χ1v) is 16.3. The van der Waals surface area contributed by atoms with Crippen LogP contribution in [-0.2, 0) is 33.3 Å². The van der Waals surface area contributed by atoms with Crippen LogP contribution in [0.2, 0.25) is 0 Å². The monoisotopic (exact) mass is 588 g/mol. The normalized spacial score (nSPS) is 55.2. The van der Waals surface area contributed by atoms with Gasteiger partial charge in [0.1, 0.15) is 19.0 Å². The molecule has 4 saturated carbocycles. The molecule has 2 saturated heterocycles. The van der Waals surface area contributed by atoms with E-state index in [4.69, 9.17) is 23.7 Å². The zero-order valence-corrected chi connectivity index (χ0v) is 25.5. The van der Waals surface area contributed by atoms with Gasteiger partial charge in [0.05, 0.1) is 34.9 Å². The van der Waals surface area contributed by atoms with Crippen molar-refractivity contribution < 1.29 is 43.5 Å². The summed E-state index contributed by atoms with van der Waals surface area (Å²) >= 11 is 0. The molecule has 0 amide bonds. The van der Waals surface area contributed by atoms with Crippen LogP contribution in [-0.4, -0.2) is 76.8 Å². The van der Waals surface area contributed by atoms with Crippen LogP contribution in [0.1, 0.15) is 98.3 Å². The molecule has 9 nitrogen and oxygen atoms in total. The second-order valence-corrected chi connectivity index (χ2v) is 15.0. The number of fused-ring (bicyclic) bond motifs is 6. The summed E-state index contributed by atoms with van der Waals surface area (Å²) < 4.78 is 30.4. The number of rotatable bonds is 5. The second-order valence-electron chi connectivity index (χ2n) is 15.0. The maximum Gasteiger partial charge on any atom is 0.331 e. The molecule has 7 aliphatic rings. The van der Waals surface area contributed by atoms with Gasteiger partial charge in [0.25, 0.3) is 0 Å². The number of hydrogen-bond donors (Lipinski definition) is 2. The number of carbonyl (C=O) groups excluding carboxylic acids is 2. The van der Waals surface area contributed by atoms with Crippen LogP contribution in [0, 0.1) is 28.6 Å². The van der Waals surface area contributed by atoms with E-state index in [2.05, 4.69) is 6.92 Å². The van der Waals surface area contributed by atoms with Gasteiger partial charge >= 0.3 is 5.97 Å². The lowest BCUT2D eigenvalue weighted by molar-refractivity contribution is -0.278. The van der Waals surface area contributed by atoms with Gasteiger partial charge in [0.2, 0.25) is 0 Å². The van der Waals surface area contributed by atoms with Crippen molar-refractivity contribution in [2.24, 2.45) is 28.6 Å². The lowest BCUT2D eigenvalue weighted by Gasteiger charge is -2.65. The Morgan fingerprint density at radius 3 is 2.55 bits per heavy atom. The van der Waals surface area contributed by atoms with E-state index < -0.39 is 28.7 Å². The zero-order chi connectivity index (χ0) is 29.7. The van der Waals surface area contributed by atoms with Gasteiger partial charge < -0.3 is 38.7 Å². The summed E-state index contributed by atoms with van der Waals surface area (Å²) in [5, 5.41) is 24.7. The van der Waals surface area contributed by atoms with Crippen molar-refractivity contribution >= 4 is 12.3 Å². The van der Waals surface area contributed by atoms with E-state index in [0.717, 1.165) is 37.5 Å². The fraction of sp³-hybridized carbons (Fsp3) is 0.879. The minimum Gasteiger partial charge on any atom is -0.458 e. The Labute approximate surface area is 248 Å². The quantitative estimate of drug-likeness (QED) is 0.279. The standard InChI is InChI=1S/C33H48O9/c1-5-30(4)41-25-15-27(39-19(2)28(25)42-30)40-21-6-11-31(18-34)23-7-10-29(3)22(20-14-26(35)38-17-20)9-13-33(29,37)24(23)8-12-32(31,36)16-21/h14,18-19,21-25,27-28,36-37H,5-13,15-17H2,1-4H3/t19?,21?,22-,23?,24?,25?,27?,28?,29+,30?,31-,32?,33?/m0/s1. The summed E-state index contributed by atoms with van der Waals surface area (Å²) in [7, 11) is 0. The Balaban J connectivity index is 1.07. The van der Waals surface area contributed by atoms with Crippen LogP contribution in [0.15, 0.2) is 11.6 Å². The van der Waals surface area contributed by atoms with E-state index in [-0.39, 0.29) is 53.6 Å². The average molecular weight is 589 g/mol. The van der Waals surface area contributed by atoms with Crippen LogP contribution >= 0.6 is 0 Å². The molecule has 0 aromatic rings. The van der Waals surface area contributed by atoms with Gasteiger partial charge in [-0.2, -0.15) is 0 Å². The van der Waals surface area contributed by atoms with E-state index >= 15 is 0 Å². The van der Waals surface area contributed by atoms with E-state index in [9.17, 15) is 19.8 Å². The highest BCUT2D eigenvalue weighted by atomic mass is 16.8. The highest BCUT2D eigenvalue weighted by molar-refractivity contribution is 5.85. The topological polar surface area (TPSA) is 121 Å². The summed E-state index contributed by atoms with van der Waals surface area (Å²) in [4.78, 5) is 25.0. The highest BCUT2D eigenvalue weighted by Crippen LogP contribution is 2.70. The van der Waals surface area contributed by atoms with Gasteiger partial charge in [-0.1, -0.05) is 13.8 Å². The summed E-state index contributed by atoms with van der Waals surface area (Å²) in [6.07, 6.45) is 8.56. The van der Waals surface area contributed by atoms with Gasteiger partial charge in [-0.15, -0.1) is 0 Å². The largest absolute Gasteiger partial charge is 0.458 e. The first kappa shape index (κ1) is 29.4. The van der Waals surface area contributed by atoms with Crippen LogP contribution in [0.4, 0.5) is 0 Å². The molecule has 4 aliphatic carbocycles. The average Bonchev–Trinajstić information content (AvgIpc) is 3.61. The lowest BCUT2D eigenvalue weighted by atomic mass is 9.41. The lowest BCUT2D eigenvalue weighted by Crippen LogP contribution is -2.69. The van der Waals surface area contributed by atoms with Gasteiger partial charge in [0.15, 0.2) is 12.1 Å². The molecule has 13 atom stereocenters. The van der Waals surface area contributed by atoms with Crippen molar-refractivity contribution in [2.45, 2.75) is 146 Å². The Hall–Kier alpha value is -1.36. The van der Waals surface area contributed by atoms with Gasteiger partial charge in [-0.25, -0.2) is 4.79 Å². The molecule has 0 aromatic heterocycles. The van der Waals surface area contributed by atoms with Crippen molar-refractivity contribution in [3.8, 4) is 0 Å². The van der Waals surface area contributed by atoms with E-state index in [1.165, 1.54) is 0 Å². The maximum atomic E-state index is 13.1. The number of cyclic esters (lactones) is 1. The molecule has 42 heavy (non-hydrogen) atoms. The molecular weight excluding hydrogens is 540 g/mol. The molecule has 3 heterocycles. The Kier molecular flexibility index (Phi) is 6.86. The summed E-state index contributed by atoms with van der Waals surface area (Å²) in [5.74, 6) is -0.980. The number of carbonyl (C=O) groups is 2. The molecule has 0 radical (unpaired) electrons. The predicted molar refractivity (Wildman–Crippen MR) is 150 cm³/mol. The number of aldehydes is 1. The first-order chi connectivity index (χ1) is 19.9. The van der Waals surface area contributed by atoms with E-state index in [0.29, 0.717) is 51.6 Å². The third-order valence-corrected chi connectivity index (χ3v) is 13.2. The molecule has 10 unspecified atom stereocenters. The van der Waals surface area contributed by atoms with Crippen LogP contribution < -0.4 is 0 Å². The summed E-state index contributed by atoms with van der Waals surface area (Å²) in [6.45, 7) is 8.49. The molecule has 9 heteroatoms. The summed E-state index contributed by atoms with van der Waals surface area (Å²) in [6, 6.07) is 0. The molecule has 0 bridgehead atoms. The summed E-state index contributed by atoms with van der Waals surface area (Å²) in [5.41, 5.74) is -2.44. The molecule has 234 valence electrons. The highest BCUT2D eigenvalue weighted by Gasteiger charge is 2.71. The maximum absolute atomic E-state index is 13.1. The number of hydrogen-bond acceptors (Lipinski definition) is 9. The number of esters is 1. The van der Waals surface area contributed by atoms with Gasteiger partial charge in [-0.05, 0) is 95.0 Å². The third kappa shape index (κ3) is 4.02.